The quantitative estimate of drug-likeness (QED) is 0.435. The van der Waals surface area contributed by atoms with Gasteiger partial charge in [-0.25, -0.2) is 9.37 Å². The number of amides is 1. The molecule has 0 saturated carbocycles. The maximum absolute atomic E-state index is 14.3. The van der Waals surface area contributed by atoms with Gasteiger partial charge >= 0.3 is 0 Å². The third kappa shape index (κ3) is 4.50. The van der Waals surface area contributed by atoms with Crippen molar-refractivity contribution >= 4 is 33.5 Å². The molecular weight excluding hydrogens is 425 g/mol. The molecule has 0 radical (unpaired) electrons. The summed E-state index contributed by atoms with van der Waals surface area (Å²) >= 11 is 0. The van der Waals surface area contributed by atoms with Gasteiger partial charge in [0.25, 0.3) is 5.91 Å². The predicted octanol–water partition coefficient (Wildman–Crippen LogP) is 2.98. The number of ether oxygens (including phenoxy) is 1. The summed E-state index contributed by atoms with van der Waals surface area (Å²) < 4.78 is 19.7. The molecule has 0 bridgehead atoms. The van der Waals surface area contributed by atoms with Gasteiger partial charge in [0.05, 0.1) is 35.3 Å². The van der Waals surface area contributed by atoms with Gasteiger partial charge in [-0.3, -0.25) is 14.5 Å². The molecule has 170 valence electrons. The number of halogens is 1. The summed E-state index contributed by atoms with van der Waals surface area (Å²) in [6.07, 6.45) is 0.792. The monoisotopic (exact) mass is 449 g/mol. The van der Waals surface area contributed by atoms with Crippen LogP contribution in [0.5, 0.6) is 0 Å². The summed E-state index contributed by atoms with van der Waals surface area (Å²) in [6, 6.07) is 9.59. The fourth-order valence-corrected chi connectivity index (χ4v) is 4.18. The van der Waals surface area contributed by atoms with E-state index in [0.29, 0.717) is 16.6 Å². The number of hydrogen-bond donors (Lipinski definition) is 3. The van der Waals surface area contributed by atoms with Crippen molar-refractivity contribution in [2.24, 2.45) is 0 Å². The van der Waals surface area contributed by atoms with E-state index >= 15 is 0 Å². The molecule has 0 unspecified atom stereocenters. The Morgan fingerprint density at radius 3 is 2.82 bits per heavy atom. The molecule has 3 heterocycles. The lowest BCUT2D eigenvalue weighted by atomic mass is 10.1. The fraction of sp³-hybridized carbons (Fsp3) is 0.292. The molecule has 0 atom stereocenters. The molecule has 5 rings (SSSR count). The average molecular weight is 449 g/mol. The molecule has 2 aromatic heterocycles. The van der Waals surface area contributed by atoms with E-state index in [-0.39, 0.29) is 11.1 Å². The van der Waals surface area contributed by atoms with Crippen molar-refractivity contribution in [3.05, 3.63) is 69.5 Å². The second kappa shape index (κ2) is 8.76. The van der Waals surface area contributed by atoms with E-state index in [1.54, 1.807) is 25.1 Å². The molecular formula is C24H24FN5O3. The van der Waals surface area contributed by atoms with Crippen LogP contribution in [0.15, 0.2) is 41.2 Å². The van der Waals surface area contributed by atoms with Crippen LogP contribution in [0.3, 0.4) is 0 Å². The second-order valence-corrected chi connectivity index (χ2v) is 8.29. The fourth-order valence-electron chi connectivity index (χ4n) is 4.18. The Balaban J connectivity index is 1.37. The number of benzene rings is 2. The van der Waals surface area contributed by atoms with Crippen LogP contribution in [0.2, 0.25) is 0 Å². The summed E-state index contributed by atoms with van der Waals surface area (Å²) in [5.41, 5.74) is 2.43. The minimum absolute atomic E-state index is 0.0205. The highest BCUT2D eigenvalue weighted by atomic mass is 19.1. The van der Waals surface area contributed by atoms with Crippen LogP contribution in [-0.4, -0.2) is 58.6 Å². The number of nitrogens with zero attached hydrogens (tertiary/aromatic N) is 2. The van der Waals surface area contributed by atoms with Gasteiger partial charge in [0.1, 0.15) is 11.6 Å². The number of H-pyrrole nitrogens is 2. The van der Waals surface area contributed by atoms with Gasteiger partial charge < -0.3 is 20.0 Å². The van der Waals surface area contributed by atoms with Gasteiger partial charge in [-0.1, -0.05) is 0 Å². The van der Waals surface area contributed by atoms with Crippen molar-refractivity contribution in [3.8, 4) is 0 Å². The number of imidazole rings is 1. The van der Waals surface area contributed by atoms with Crippen molar-refractivity contribution in [1.82, 2.24) is 19.9 Å². The lowest BCUT2D eigenvalue weighted by molar-refractivity contribution is 0.0382. The van der Waals surface area contributed by atoms with Crippen LogP contribution in [0.25, 0.3) is 21.9 Å². The summed E-state index contributed by atoms with van der Waals surface area (Å²) in [7, 11) is 0. The largest absolute Gasteiger partial charge is 0.379 e. The molecule has 1 aliphatic heterocycles. The summed E-state index contributed by atoms with van der Waals surface area (Å²) in [5, 5.41) is 3.18. The number of morpholine rings is 1. The van der Waals surface area contributed by atoms with Crippen molar-refractivity contribution in [2.45, 2.75) is 13.3 Å². The highest BCUT2D eigenvalue weighted by Gasteiger charge is 2.16. The number of fused-ring (bicyclic) bond motifs is 2. The minimum atomic E-state index is -0.569. The number of aryl methyl sites for hydroxylation is 1. The topological polar surface area (TPSA) is 103 Å². The Hall–Kier alpha value is -3.56. The van der Waals surface area contributed by atoms with Gasteiger partial charge in [0, 0.05) is 43.2 Å². The molecule has 8 nitrogen and oxygen atoms in total. The molecule has 4 aromatic rings. The molecule has 1 amide bonds. The number of pyridine rings is 1. The van der Waals surface area contributed by atoms with E-state index < -0.39 is 17.3 Å². The Morgan fingerprint density at radius 1 is 1.18 bits per heavy atom. The first kappa shape index (κ1) is 21.3. The molecule has 2 aromatic carbocycles. The summed E-state index contributed by atoms with van der Waals surface area (Å²) in [4.78, 5) is 37.8. The lowest BCUT2D eigenvalue weighted by Gasteiger charge is -2.25. The van der Waals surface area contributed by atoms with Crippen LogP contribution >= 0.6 is 0 Å². The Kier molecular flexibility index (Phi) is 5.65. The molecule has 0 aliphatic carbocycles. The van der Waals surface area contributed by atoms with Gasteiger partial charge in [-0.2, -0.15) is 0 Å². The van der Waals surface area contributed by atoms with Gasteiger partial charge in [-0.05, 0) is 42.8 Å². The number of carbonyl (C=O) groups excluding carboxylic acids is 1. The summed E-state index contributed by atoms with van der Waals surface area (Å²) in [5.74, 6) is -0.172. The van der Waals surface area contributed by atoms with Gasteiger partial charge in [-0.15, -0.1) is 0 Å². The molecule has 0 spiro atoms. The maximum Gasteiger partial charge on any atom is 0.256 e. The van der Waals surface area contributed by atoms with E-state index in [1.165, 1.54) is 12.1 Å². The number of rotatable bonds is 5. The lowest BCUT2D eigenvalue weighted by Crippen LogP contribution is -2.37. The van der Waals surface area contributed by atoms with E-state index in [4.69, 9.17) is 4.74 Å². The zero-order chi connectivity index (χ0) is 22.9. The minimum Gasteiger partial charge on any atom is -0.379 e. The molecule has 33 heavy (non-hydrogen) atoms. The third-order valence-corrected chi connectivity index (χ3v) is 5.85. The zero-order valence-corrected chi connectivity index (χ0v) is 18.2. The SMILES string of the molecule is Cc1cc(F)c2[nH]c(=O)cc(C(=O)Nc3ccc4nc(CCN5CCOCC5)[nH]c4c3)c2c1. The molecule has 1 saturated heterocycles. The number of aromatic nitrogens is 3. The number of carbonyl (C=O) groups is 1. The predicted molar refractivity (Wildman–Crippen MR) is 124 cm³/mol. The van der Waals surface area contributed by atoms with Crippen molar-refractivity contribution in [2.75, 3.05) is 38.2 Å². The van der Waals surface area contributed by atoms with E-state index in [2.05, 4.69) is 25.2 Å². The van der Waals surface area contributed by atoms with E-state index in [9.17, 15) is 14.0 Å². The smallest absolute Gasteiger partial charge is 0.256 e. The normalized spacial score (nSPS) is 14.7. The van der Waals surface area contributed by atoms with Crippen molar-refractivity contribution < 1.29 is 13.9 Å². The number of aromatic amines is 2. The molecule has 1 aliphatic rings. The van der Waals surface area contributed by atoms with E-state index in [1.807, 2.05) is 6.07 Å². The van der Waals surface area contributed by atoms with Crippen LogP contribution < -0.4 is 10.9 Å². The van der Waals surface area contributed by atoms with Crippen LogP contribution in [-0.2, 0) is 11.2 Å². The Morgan fingerprint density at radius 2 is 2.00 bits per heavy atom. The van der Waals surface area contributed by atoms with Crippen LogP contribution in [0, 0.1) is 12.7 Å². The standard InChI is InChI=1S/C24H24FN5O3/c1-14-10-16-17(13-22(31)29-23(16)18(25)11-14)24(32)26-15-2-3-19-20(12-15)28-21(27-19)4-5-30-6-8-33-9-7-30/h2-3,10-13H,4-9H2,1H3,(H,26,32)(H,27,28)(H,29,31). The second-order valence-electron chi connectivity index (χ2n) is 8.29. The highest BCUT2D eigenvalue weighted by molar-refractivity contribution is 6.12. The third-order valence-electron chi connectivity index (χ3n) is 5.85. The Bertz CT molecular complexity index is 1400. The number of anilines is 1. The average Bonchev–Trinajstić information content (AvgIpc) is 3.21. The molecule has 1 fully saturated rings. The van der Waals surface area contributed by atoms with Gasteiger partial charge in [0.15, 0.2) is 0 Å². The number of hydrogen-bond acceptors (Lipinski definition) is 5. The van der Waals surface area contributed by atoms with E-state index in [0.717, 1.165) is 56.1 Å². The first-order chi connectivity index (χ1) is 16.0. The molecule has 9 heteroatoms. The van der Waals surface area contributed by atoms with Crippen molar-refractivity contribution in [3.63, 3.8) is 0 Å². The first-order valence-corrected chi connectivity index (χ1v) is 10.9. The van der Waals surface area contributed by atoms with Crippen LogP contribution in [0.4, 0.5) is 10.1 Å². The zero-order valence-electron chi connectivity index (χ0n) is 18.2. The summed E-state index contributed by atoms with van der Waals surface area (Å²) in [6.45, 7) is 6.01. The van der Waals surface area contributed by atoms with Gasteiger partial charge in [0.2, 0.25) is 5.56 Å². The highest BCUT2D eigenvalue weighted by Crippen LogP contribution is 2.23. The maximum atomic E-state index is 14.3. The molecule has 3 N–H and O–H groups in total. The number of nitrogens with one attached hydrogen (secondary N) is 3. The van der Waals surface area contributed by atoms with Crippen LogP contribution in [0.1, 0.15) is 21.7 Å². The Labute approximate surface area is 188 Å². The van der Waals surface area contributed by atoms with Crippen molar-refractivity contribution in [1.29, 1.82) is 0 Å². The first-order valence-electron chi connectivity index (χ1n) is 10.9.